The summed E-state index contributed by atoms with van der Waals surface area (Å²) in [6.45, 7) is 13.5. The molecular weight excluding hydrogens is 495 g/mol. The van der Waals surface area contributed by atoms with Gasteiger partial charge in [0.2, 0.25) is 0 Å². The molecule has 3 aromatic rings. The highest BCUT2D eigenvalue weighted by atomic mass is 19.1. The fraction of sp³-hybridized carbons (Fsp3) is 0.406. The fourth-order valence-corrected chi connectivity index (χ4v) is 4.68. The Bertz CT molecular complexity index is 1310. The lowest BCUT2D eigenvalue weighted by Crippen LogP contribution is -2.33. The van der Waals surface area contributed by atoms with Crippen LogP contribution < -0.4 is 5.32 Å². The highest BCUT2D eigenvalue weighted by Gasteiger charge is 2.30. The number of carbonyl (C=O) groups excluding carboxylic acids is 1. The third kappa shape index (κ3) is 8.12. The number of benzene rings is 2. The van der Waals surface area contributed by atoms with E-state index in [1.54, 1.807) is 32.9 Å². The molecule has 7 heteroatoms. The van der Waals surface area contributed by atoms with Gasteiger partial charge in [0.05, 0.1) is 5.92 Å². The summed E-state index contributed by atoms with van der Waals surface area (Å²) in [4.78, 5) is 30.3. The lowest BCUT2D eigenvalue weighted by atomic mass is 9.82. The number of aliphatic carboxylic acids is 1. The lowest BCUT2D eigenvalue weighted by molar-refractivity contribution is -0.138. The Balaban J connectivity index is 2.25. The van der Waals surface area contributed by atoms with E-state index in [4.69, 9.17) is 9.72 Å². The monoisotopic (exact) mass is 534 g/mol. The molecule has 3 rings (SSSR count). The first kappa shape index (κ1) is 29.8. The first-order chi connectivity index (χ1) is 18.2. The van der Waals surface area contributed by atoms with Gasteiger partial charge in [0.15, 0.2) is 0 Å². The molecule has 39 heavy (non-hydrogen) atoms. The number of nitrogens with one attached hydrogen (secondary N) is 1. The predicted octanol–water partition coefficient (Wildman–Crippen LogP) is 7.14. The number of aromatic nitrogens is 1. The molecule has 1 unspecified atom stereocenters. The maximum Gasteiger partial charge on any atom is 0.407 e. The minimum absolute atomic E-state index is 0.128. The number of halogens is 1. The van der Waals surface area contributed by atoms with Gasteiger partial charge in [-0.3, -0.25) is 9.78 Å². The van der Waals surface area contributed by atoms with E-state index in [2.05, 4.69) is 19.2 Å². The Morgan fingerprint density at radius 1 is 1.00 bits per heavy atom. The van der Waals surface area contributed by atoms with Gasteiger partial charge in [0.25, 0.3) is 0 Å². The molecule has 208 valence electrons. The molecule has 1 aromatic heterocycles. The smallest absolute Gasteiger partial charge is 0.407 e. The van der Waals surface area contributed by atoms with Gasteiger partial charge in [0.1, 0.15) is 11.4 Å². The van der Waals surface area contributed by atoms with E-state index < -0.39 is 23.6 Å². The standard InChI is InChI=1S/C32H39FN2O4/c1-19(2)16-27-26(18-34-31(38)39-32(5,6)7)29(23-12-8-20(3)9-13-23)28(21(4)35-27)25(30(36)37)17-22-10-14-24(33)15-11-22/h8-15,19,25H,16-18H2,1-7H3,(H,34,38)(H,36,37). The number of alkyl carbamates (subject to hydrolysis) is 1. The van der Waals surface area contributed by atoms with E-state index in [-0.39, 0.29) is 24.7 Å². The van der Waals surface area contributed by atoms with E-state index in [1.807, 2.05) is 38.1 Å². The average molecular weight is 535 g/mol. The van der Waals surface area contributed by atoms with E-state index in [0.29, 0.717) is 23.2 Å². The average Bonchev–Trinajstić information content (AvgIpc) is 2.82. The van der Waals surface area contributed by atoms with E-state index in [1.165, 1.54) is 12.1 Å². The van der Waals surface area contributed by atoms with E-state index >= 15 is 0 Å². The molecule has 0 aliphatic carbocycles. The molecular formula is C32H39FN2O4. The fourth-order valence-electron chi connectivity index (χ4n) is 4.68. The van der Waals surface area contributed by atoms with Crippen LogP contribution in [0.1, 0.15) is 74.2 Å². The number of hydrogen-bond acceptors (Lipinski definition) is 4. The maximum absolute atomic E-state index is 13.6. The molecule has 0 saturated carbocycles. The molecule has 1 atom stereocenters. The summed E-state index contributed by atoms with van der Waals surface area (Å²) >= 11 is 0. The van der Waals surface area contributed by atoms with Crippen molar-refractivity contribution in [3.63, 3.8) is 0 Å². The van der Waals surface area contributed by atoms with Crippen LogP contribution in [0.3, 0.4) is 0 Å². The number of hydrogen-bond donors (Lipinski definition) is 2. The maximum atomic E-state index is 13.6. The van der Waals surface area contributed by atoms with Gasteiger partial charge in [0, 0.05) is 23.5 Å². The highest BCUT2D eigenvalue weighted by Crippen LogP contribution is 2.38. The lowest BCUT2D eigenvalue weighted by Gasteiger charge is -2.26. The summed E-state index contributed by atoms with van der Waals surface area (Å²) in [5, 5.41) is 13.3. The molecule has 0 aliphatic heterocycles. The molecule has 6 nitrogen and oxygen atoms in total. The second-order valence-electron chi connectivity index (χ2n) is 11.5. The predicted molar refractivity (Wildman–Crippen MR) is 151 cm³/mol. The van der Waals surface area contributed by atoms with Crippen LogP contribution in [0.2, 0.25) is 0 Å². The molecule has 2 N–H and O–H groups in total. The van der Waals surface area contributed by atoms with Crippen molar-refractivity contribution in [3.8, 4) is 11.1 Å². The van der Waals surface area contributed by atoms with Gasteiger partial charge in [-0.15, -0.1) is 0 Å². The van der Waals surface area contributed by atoms with Gasteiger partial charge in [-0.1, -0.05) is 55.8 Å². The largest absolute Gasteiger partial charge is 0.481 e. The van der Waals surface area contributed by atoms with Crippen molar-refractivity contribution in [2.24, 2.45) is 5.92 Å². The van der Waals surface area contributed by atoms with Gasteiger partial charge in [-0.05, 0) is 87.8 Å². The number of pyridine rings is 1. The molecule has 0 fully saturated rings. The number of nitrogens with zero attached hydrogens (tertiary/aromatic N) is 1. The summed E-state index contributed by atoms with van der Waals surface area (Å²) in [7, 11) is 0. The first-order valence-electron chi connectivity index (χ1n) is 13.3. The molecule has 1 amide bonds. The Labute approximate surface area is 230 Å². The third-order valence-electron chi connectivity index (χ3n) is 6.36. The molecule has 0 spiro atoms. The van der Waals surface area contributed by atoms with Crippen LogP contribution in [-0.2, 0) is 28.9 Å². The van der Waals surface area contributed by atoms with Gasteiger partial charge in [-0.25, -0.2) is 9.18 Å². The zero-order valence-electron chi connectivity index (χ0n) is 23.9. The van der Waals surface area contributed by atoms with E-state index in [9.17, 15) is 19.1 Å². The second kappa shape index (κ2) is 12.4. The van der Waals surface area contributed by atoms with Crippen LogP contribution in [0.5, 0.6) is 0 Å². The third-order valence-corrected chi connectivity index (χ3v) is 6.36. The minimum atomic E-state index is -1.000. The van der Waals surface area contributed by atoms with Crippen LogP contribution in [0.15, 0.2) is 48.5 Å². The summed E-state index contributed by atoms with van der Waals surface area (Å²) in [5.74, 6) is -2.03. The summed E-state index contributed by atoms with van der Waals surface area (Å²) in [6, 6.07) is 13.8. The molecule has 0 radical (unpaired) electrons. The SMILES string of the molecule is Cc1ccc(-c2c(CNC(=O)OC(C)(C)C)c(CC(C)C)nc(C)c2C(Cc2ccc(F)cc2)C(=O)O)cc1. The molecule has 1 heterocycles. The van der Waals surface area contributed by atoms with E-state index in [0.717, 1.165) is 27.9 Å². The van der Waals surface area contributed by atoms with Crippen molar-refractivity contribution < 1.29 is 23.8 Å². The number of carboxylic acid groups (broad SMARTS) is 1. The van der Waals surface area contributed by atoms with Crippen LogP contribution in [-0.4, -0.2) is 27.8 Å². The van der Waals surface area contributed by atoms with Gasteiger partial charge < -0.3 is 15.2 Å². The second-order valence-corrected chi connectivity index (χ2v) is 11.5. The zero-order valence-corrected chi connectivity index (χ0v) is 23.9. The molecule has 2 aromatic carbocycles. The van der Waals surface area contributed by atoms with Gasteiger partial charge in [-0.2, -0.15) is 0 Å². The Morgan fingerprint density at radius 2 is 1.62 bits per heavy atom. The molecule has 0 aliphatic rings. The van der Waals surface area contributed by atoms with Gasteiger partial charge >= 0.3 is 12.1 Å². The topological polar surface area (TPSA) is 88.5 Å². The van der Waals surface area contributed by atoms with Crippen molar-refractivity contribution in [2.45, 2.75) is 79.4 Å². The number of carbonyl (C=O) groups is 2. The highest BCUT2D eigenvalue weighted by molar-refractivity contribution is 5.84. The number of carboxylic acids is 1. The summed E-state index contributed by atoms with van der Waals surface area (Å²) in [6.07, 6.45) is 0.261. The summed E-state index contributed by atoms with van der Waals surface area (Å²) in [5.41, 5.74) is 5.50. The number of amides is 1. The van der Waals surface area contributed by atoms with Crippen molar-refractivity contribution in [1.82, 2.24) is 10.3 Å². The van der Waals surface area contributed by atoms with Crippen LogP contribution >= 0.6 is 0 Å². The Kier molecular flexibility index (Phi) is 9.49. The number of ether oxygens (including phenoxy) is 1. The van der Waals surface area contributed by atoms with Crippen LogP contribution in [0.4, 0.5) is 9.18 Å². The number of rotatable bonds is 9. The zero-order chi connectivity index (χ0) is 28.9. The quantitative estimate of drug-likeness (QED) is 0.305. The minimum Gasteiger partial charge on any atom is -0.481 e. The van der Waals surface area contributed by atoms with Crippen molar-refractivity contribution in [3.05, 3.63) is 88.0 Å². The Morgan fingerprint density at radius 3 is 2.15 bits per heavy atom. The number of aryl methyl sites for hydroxylation is 2. The summed E-state index contributed by atoms with van der Waals surface area (Å²) < 4.78 is 19.0. The van der Waals surface area contributed by atoms with Crippen LogP contribution in [0, 0.1) is 25.6 Å². The Hall–Kier alpha value is -3.74. The molecule has 0 bridgehead atoms. The van der Waals surface area contributed by atoms with Crippen molar-refractivity contribution in [1.29, 1.82) is 0 Å². The van der Waals surface area contributed by atoms with Crippen LogP contribution in [0.25, 0.3) is 11.1 Å². The first-order valence-corrected chi connectivity index (χ1v) is 13.3. The molecule has 0 saturated heterocycles. The van der Waals surface area contributed by atoms with Crippen molar-refractivity contribution in [2.75, 3.05) is 0 Å². The van der Waals surface area contributed by atoms with Crippen molar-refractivity contribution >= 4 is 12.1 Å². The normalized spacial score (nSPS) is 12.3.